The summed E-state index contributed by atoms with van der Waals surface area (Å²) in [6.07, 6.45) is 0.326. The second kappa shape index (κ2) is 6.70. The van der Waals surface area contributed by atoms with E-state index in [0.717, 1.165) is 0 Å². The fraction of sp³-hybridized carbons (Fsp3) is 0.462. The molecule has 0 bridgehead atoms. The predicted molar refractivity (Wildman–Crippen MR) is 76.2 cm³/mol. The molecule has 1 rings (SSSR count). The van der Waals surface area contributed by atoms with Crippen molar-refractivity contribution in [3.05, 3.63) is 23.8 Å². The molecule has 6 nitrogen and oxygen atoms in total. The Morgan fingerprint density at radius 1 is 1.45 bits per heavy atom. The van der Waals surface area contributed by atoms with Gasteiger partial charge in [0.2, 0.25) is 10.0 Å². The number of nitrogen functional groups attached to an aromatic ring is 1. The lowest BCUT2D eigenvalue weighted by molar-refractivity contribution is 0.256. The van der Waals surface area contributed by atoms with Gasteiger partial charge in [0, 0.05) is 12.6 Å². The van der Waals surface area contributed by atoms with E-state index < -0.39 is 10.0 Å². The minimum atomic E-state index is -3.78. The maximum atomic E-state index is 12.3. The van der Waals surface area contributed by atoms with Crippen molar-refractivity contribution in [1.29, 1.82) is 5.26 Å². The lowest BCUT2D eigenvalue weighted by atomic mass is 10.0. The molecule has 20 heavy (non-hydrogen) atoms. The molecule has 110 valence electrons. The maximum Gasteiger partial charge on any atom is 0.242 e. The number of aliphatic hydroxyl groups is 1. The molecule has 4 N–H and O–H groups in total. The van der Waals surface area contributed by atoms with E-state index in [1.54, 1.807) is 0 Å². The van der Waals surface area contributed by atoms with Crippen molar-refractivity contribution in [2.45, 2.75) is 31.2 Å². The summed E-state index contributed by atoms with van der Waals surface area (Å²) >= 11 is 0. The Balaban J connectivity index is 3.08. The van der Waals surface area contributed by atoms with Crippen LogP contribution >= 0.6 is 0 Å². The molecule has 0 amide bonds. The molecule has 0 aliphatic rings. The van der Waals surface area contributed by atoms with Gasteiger partial charge in [-0.1, -0.05) is 13.8 Å². The topological polar surface area (TPSA) is 116 Å². The molecule has 1 aromatic carbocycles. The molecular weight excluding hydrogens is 278 g/mol. The molecule has 1 atom stereocenters. The minimum absolute atomic E-state index is 0.0306. The molecule has 0 aliphatic carbocycles. The average molecular weight is 297 g/mol. The number of nitrogens with two attached hydrogens (primary N) is 1. The highest BCUT2D eigenvalue weighted by Gasteiger charge is 2.24. The average Bonchev–Trinajstić information content (AvgIpc) is 2.37. The summed E-state index contributed by atoms with van der Waals surface area (Å²) in [4.78, 5) is -0.0555. The lowest BCUT2D eigenvalue weighted by Gasteiger charge is -2.21. The van der Waals surface area contributed by atoms with Gasteiger partial charge in [-0.15, -0.1) is 0 Å². The molecule has 0 aromatic heterocycles. The van der Waals surface area contributed by atoms with E-state index in [-0.39, 0.29) is 29.1 Å². The van der Waals surface area contributed by atoms with E-state index in [0.29, 0.717) is 12.0 Å². The number of hydrogen-bond acceptors (Lipinski definition) is 5. The standard InChI is InChI=1S/C13H19N3O3S/c1-9(2)12(5-6-17)16-20(18,19)13-4-3-10(8-14)7-11(13)15/h3-4,7,9,12,16-17H,5-6,15H2,1-2H3. The van der Waals surface area contributed by atoms with Gasteiger partial charge in [-0.3, -0.25) is 0 Å². The number of hydrogen-bond donors (Lipinski definition) is 3. The molecule has 0 fully saturated rings. The van der Waals surface area contributed by atoms with Crippen LogP contribution in [-0.2, 0) is 10.0 Å². The molecule has 7 heteroatoms. The van der Waals surface area contributed by atoms with Crippen LogP contribution in [0.25, 0.3) is 0 Å². The fourth-order valence-electron chi connectivity index (χ4n) is 1.79. The third-order valence-electron chi connectivity index (χ3n) is 2.98. The van der Waals surface area contributed by atoms with Crippen molar-refractivity contribution >= 4 is 15.7 Å². The summed E-state index contributed by atoms with van der Waals surface area (Å²) in [7, 11) is -3.78. The Bertz CT molecular complexity index is 606. The number of rotatable bonds is 6. The normalized spacial score (nSPS) is 13.2. The van der Waals surface area contributed by atoms with E-state index in [1.165, 1.54) is 18.2 Å². The summed E-state index contributed by atoms with van der Waals surface area (Å²) in [5, 5.41) is 17.7. The van der Waals surface area contributed by atoms with Crippen LogP contribution in [0.5, 0.6) is 0 Å². The van der Waals surface area contributed by atoms with Crippen LogP contribution < -0.4 is 10.5 Å². The SMILES string of the molecule is CC(C)C(CCO)NS(=O)(=O)c1ccc(C#N)cc1N. The van der Waals surface area contributed by atoms with Crippen molar-refractivity contribution in [3.8, 4) is 6.07 Å². The molecule has 1 unspecified atom stereocenters. The van der Waals surface area contributed by atoms with Gasteiger partial charge in [-0.25, -0.2) is 13.1 Å². The minimum Gasteiger partial charge on any atom is -0.398 e. The van der Waals surface area contributed by atoms with E-state index in [1.807, 2.05) is 19.9 Å². The summed E-state index contributed by atoms with van der Waals surface area (Å²) in [6.45, 7) is 3.63. The Morgan fingerprint density at radius 2 is 2.10 bits per heavy atom. The third-order valence-corrected chi connectivity index (χ3v) is 4.54. The fourth-order valence-corrected chi connectivity index (χ4v) is 3.32. The van der Waals surface area contributed by atoms with Gasteiger partial charge in [0.05, 0.1) is 17.3 Å². The smallest absolute Gasteiger partial charge is 0.242 e. The molecule has 1 aromatic rings. The second-order valence-corrected chi connectivity index (χ2v) is 6.53. The highest BCUT2D eigenvalue weighted by Crippen LogP contribution is 2.21. The largest absolute Gasteiger partial charge is 0.398 e. The first kappa shape index (κ1) is 16.4. The van der Waals surface area contributed by atoms with Crippen LogP contribution in [0.2, 0.25) is 0 Å². The van der Waals surface area contributed by atoms with Crippen LogP contribution in [0, 0.1) is 17.2 Å². The number of benzene rings is 1. The maximum absolute atomic E-state index is 12.3. The highest BCUT2D eigenvalue weighted by molar-refractivity contribution is 7.89. The molecule has 0 heterocycles. The quantitative estimate of drug-likeness (QED) is 0.672. The molecule has 0 aliphatic heterocycles. The van der Waals surface area contributed by atoms with Crippen LogP contribution in [0.15, 0.2) is 23.1 Å². The molecule has 0 saturated carbocycles. The van der Waals surface area contributed by atoms with Crippen LogP contribution in [0.3, 0.4) is 0 Å². The Hall–Kier alpha value is -1.62. The first-order valence-electron chi connectivity index (χ1n) is 6.24. The Morgan fingerprint density at radius 3 is 2.55 bits per heavy atom. The van der Waals surface area contributed by atoms with E-state index in [4.69, 9.17) is 16.1 Å². The van der Waals surface area contributed by atoms with Crippen LogP contribution in [-0.4, -0.2) is 26.2 Å². The highest BCUT2D eigenvalue weighted by atomic mass is 32.2. The summed E-state index contributed by atoms with van der Waals surface area (Å²) < 4.78 is 27.1. The molecule has 0 spiro atoms. The van der Waals surface area contributed by atoms with Crippen molar-refractivity contribution < 1.29 is 13.5 Å². The van der Waals surface area contributed by atoms with Gasteiger partial charge in [0.15, 0.2) is 0 Å². The monoisotopic (exact) mass is 297 g/mol. The van der Waals surface area contributed by atoms with Gasteiger partial charge in [-0.05, 0) is 30.5 Å². The summed E-state index contributed by atoms with van der Waals surface area (Å²) in [6, 6.07) is 5.56. The lowest BCUT2D eigenvalue weighted by Crippen LogP contribution is -2.39. The van der Waals surface area contributed by atoms with Crippen molar-refractivity contribution in [2.24, 2.45) is 5.92 Å². The number of anilines is 1. The summed E-state index contributed by atoms with van der Waals surface area (Å²) in [5.41, 5.74) is 6.02. The van der Waals surface area contributed by atoms with Gasteiger partial charge >= 0.3 is 0 Å². The zero-order valence-corrected chi connectivity index (χ0v) is 12.3. The number of sulfonamides is 1. The van der Waals surface area contributed by atoms with Gasteiger partial charge in [0.1, 0.15) is 4.90 Å². The van der Waals surface area contributed by atoms with Gasteiger partial charge in [0.25, 0.3) is 0 Å². The predicted octanol–water partition coefficient (Wildman–Crippen LogP) is 0.826. The van der Waals surface area contributed by atoms with Gasteiger partial charge in [-0.2, -0.15) is 5.26 Å². The third kappa shape index (κ3) is 3.93. The van der Waals surface area contributed by atoms with Crippen LogP contribution in [0.4, 0.5) is 5.69 Å². The van der Waals surface area contributed by atoms with Crippen molar-refractivity contribution in [3.63, 3.8) is 0 Å². The first-order chi connectivity index (χ1) is 9.31. The summed E-state index contributed by atoms with van der Waals surface area (Å²) in [5.74, 6) is 0.0385. The number of nitrogens with one attached hydrogen (secondary N) is 1. The zero-order valence-electron chi connectivity index (χ0n) is 11.5. The van der Waals surface area contributed by atoms with E-state index >= 15 is 0 Å². The first-order valence-corrected chi connectivity index (χ1v) is 7.73. The molecule has 0 radical (unpaired) electrons. The van der Waals surface area contributed by atoms with E-state index in [9.17, 15) is 8.42 Å². The van der Waals surface area contributed by atoms with Gasteiger partial charge < -0.3 is 10.8 Å². The molecule has 0 saturated heterocycles. The number of nitriles is 1. The van der Waals surface area contributed by atoms with Crippen molar-refractivity contribution in [1.82, 2.24) is 4.72 Å². The van der Waals surface area contributed by atoms with Crippen molar-refractivity contribution in [2.75, 3.05) is 12.3 Å². The second-order valence-electron chi connectivity index (χ2n) is 4.85. The van der Waals surface area contributed by atoms with E-state index in [2.05, 4.69) is 4.72 Å². The zero-order chi connectivity index (χ0) is 15.3. The number of aliphatic hydroxyl groups excluding tert-OH is 1. The Kier molecular flexibility index (Phi) is 5.51. The Labute approximate surface area is 119 Å². The van der Waals surface area contributed by atoms with Crippen LogP contribution in [0.1, 0.15) is 25.8 Å². The molecular formula is C13H19N3O3S. The number of nitrogens with zero attached hydrogens (tertiary/aromatic N) is 1.